The first kappa shape index (κ1) is 12.2. The van der Waals surface area contributed by atoms with E-state index < -0.39 is 11.7 Å². The average molecular weight is 227 g/mol. The summed E-state index contributed by atoms with van der Waals surface area (Å²) in [7, 11) is 0. The van der Waals surface area contributed by atoms with Crippen molar-refractivity contribution < 1.29 is 13.2 Å². The molecule has 1 aliphatic rings. The minimum atomic E-state index is -4.06. The zero-order chi connectivity index (χ0) is 10.7. The van der Waals surface area contributed by atoms with Crippen LogP contribution in [0, 0.1) is 0 Å². The topological polar surface area (TPSA) is 12.0 Å². The lowest BCUT2D eigenvalue weighted by molar-refractivity contribution is -0.165. The minimum Gasteiger partial charge on any atom is -0.304 e. The molecular formula is C9H16F3NS. The molecule has 1 N–H and O–H groups in total. The predicted octanol–water partition coefficient (Wildman–Crippen LogP) is 2.81. The SMILES string of the molecule is CCSCCCNC1(C(F)(F)F)CC1. The van der Waals surface area contributed by atoms with Crippen LogP contribution in [0.4, 0.5) is 13.2 Å². The van der Waals surface area contributed by atoms with Crippen molar-refractivity contribution in [1.82, 2.24) is 5.32 Å². The van der Waals surface area contributed by atoms with Gasteiger partial charge in [-0.05, 0) is 37.3 Å². The summed E-state index contributed by atoms with van der Waals surface area (Å²) < 4.78 is 37.2. The zero-order valence-corrected chi connectivity index (χ0v) is 9.10. The molecular weight excluding hydrogens is 211 g/mol. The molecule has 1 rings (SSSR count). The lowest BCUT2D eigenvalue weighted by Crippen LogP contribution is -2.45. The highest BCUT2D eigenvalue weighted by atomic mass is 32.2. The van der Waals surface area contributed by atoms with Gasteiger partial charge < -0.3 is 5.32 Å². The monoisotopic (exact) mass is 227 g/mol. The number of thioether (sulfide) groups is 1. The molecule has 84 valence electrons. The second-order valence-corrected chi connectivity index (χ2v) is 4.95. The van der Waals surface area contributed by atoms with Crippen LogP contribution in [0.1, 0.15) is 26.2 Å². The maximum atomic E-state index is 12.4. The largest absolute Gasteiger partial charge is 0.406 e. The molecule has 0 bridgehead atoms. The molecule has 0 saturated heterocycles. The van der Waals surface area contributed by atoms with E-state index in [0.717, 1.165) is 17.9 Å². The van der Waals surface area contributed by atoms with E-state index in [2.05, 4.69) is 12.2 Å². The first-order chi connectivity index (χ1) is 6.52. The van der Waals surface area contributed by atoms with Gasteiger partial charge in [-0.25, -0.2) is 0 Å². The van der Waals surface area contributed by atoms with Gasteiger partial charge in [-0.3, -0.25) is 0 Å². The number of alkyl halides is 3. The van der Waals surface area contributed by atoms with Crippen LogP contribution in [0.3, 0.4) is 0 Å². The Hall–Kier alpha value is 0.100. The van der Waals surface area contributed by atoms with Crippen LogP contribution in [0.25, 0.3) is 0 Å². The lowest BCUT2D eigenvalue weighted by Gasteiger charge is -2.20. The molecule has 0 aromatic heterocycles. The van der Waals surface area contributed by atoms with E-state index in [1.54, 1.807) is 11.8 Å². The van der Waals surface area contributed by atoms with E-state index in [1.165, 1.54) is 0 Å². The molecule has 14 heavy (non-hydrogen) atoms. The van der Waals surface area contributed by atoms with Crippen molar-refractivity contribution in [3.63, 3.8) is 0 Å². The Labute approximate surface area is 86.8 Å². The van der Waals surface area contributed by atoms with Crippen LogP contribution in [-0.4, -0.2) is 29.8 Å². The lowest BCUT2D eigenvalue weighted by atomic mass is 10.2. The molecule has 0 radical (unpaired) electrons. The third-order valence-electron chi connectivity index (χ3n) is 2.43. The Morgan fingerprint density at radius 3 is 2.43 bits per heavy atom. The Bertz CT molecular complexity index is 177. The minimum absolute atomic E-state index is 0.247. The molecule has 0 heterocycles. The third-order valence-corrected chi connectivity index (χ3v) is 3.41. The second-order valence-electron chi connectivity index (χ2n) is 3.56. The fourth-order valence-electron chi connectivity index (χ4n) is 1.33. The van der Waals surface area contributed by atoms with E-state index >= 15 is 0 Å². The van der Waals surface area contributed by atoms with E-state index in [4.69, 9.17) is 0 Å². The van der Waals surface area contributed by atoms with Crippen molar-refractivity contribution in [2.24, 2.45) is 0 Å². The van der Waals surface area contributed by atoms with Gasteiger partial charge in [0.05, 0.1) is 0 Å². The molecule has 1 saturated carbocycles. The molecule has 5 heteroatoms. The number of halogens is 3. The molecule has 1 fully saturated rings. The van der Waals surface area contributed by atoms with Gasteiger partial charge in [0.25, 0.3) is 0 Å². The summed E-state index contributed by atoms with van der Waals surface area (Å²) in [4.78, 5) is 0. The second kappa shape index (κ2) is 4.75. The van der Waals surface area contributed by atoms with Crippen LogP contribution >= 0.6 is 11.8 Å². The molecule has 1 aliphatic carbocycles. The van der Waals surface area contributed by atoms with Crippen molar-refractivity contribution in [3.8, 4) is 0 Å². The maximum absolute atomic E-state index is 12.4. The molecule has 0 aromatic carbocycles. The van der Waals surface area contributed by atoms with Crippen LogP contribution in [0.15, 0.2) is 0 Å². The standard InChI is InChI=1S/C9H16F3NS/c1-2-14-7-3-6-13-8(4-5-8)9(10,11)12/h13H,2-7H2,1H3. The van der Waals surface area contributed by atoms with Crippen LogP contribution in [0.2, 0.25) is 0 Å². The highest BCUT2D eigenvalue weighted by Gasteiger charge is 2.62. The number of hydrogen-bond acceptors (Lipinski definition) is 2. The predicted molar refractivity (Wildman–Crippen MR) is 53.6 cm³/mol. The third kappa shape index (κ3) is 3.05. The number of nitrogens with one attached hydrogen (secondary N) is 1. The zero-order valence-electron chi connectivity index (χ0n) is 8.28. The summed E-state index contributed by atoms with van der Waals surface area (Å²) in [6, 6.07) is 0. The van der Waals surface area contributed by atoms with Crippen LogP contribution in [-0.2, 0) is 0 Å². The quantitative estimate of drug-likeness (QED) is 0.700. The maximum Gasteiger partial charge on any atom is 0.406 e. The van der Waals surface area contributed by atoms with Gasteiger partial charge in [-0.1, -0.05) is 6.92 Å². The van der Waals surface area contributed by atoms with Crippen molar-refractivity contribution in [2.45, 2.75) is 37.9 Å². The van der Waals surface area contributed by atoms with Gasteiger partial charge in [0.15, 0.2) is 0 Å². The fourth-order valence-corrected chi connectivity index (χ4v) is 1.97. The van der Waals surface area contributed by atoms with Gasteiger partial charge in [0, 0.05) is 0 Å². The average Bonchev–Trinajstić information content (AvgIpc) is 2.84. The molecule has 0 unspecified atom stereocenters. The van der Waals surface area contributed by atoms with Crippen LogP contribution in [0.5, 0.6) is 0 Å². The Kier molecular flexibility index (Phi) is 4.13. The summed E-state index contributed by atoms with van der Waals surface area (Å²) >= 11 is 1.77. The first-order valence-electron chi connectivity index (χ1n) is 4.91. The molecule has 0 aliphatic heterocycles. The van der Waals surface area contributed by atoms with Gasteiger partial charge in [-0.2, -0.15) is 24.9 Å². The van der Waals surface area contributed by atoms with E-state index in [-0.39, 0.29) is 12.8 Å². The van der Waals surface area contributed by atoms with Gasteiger partial charge in [-0.15, -0.1) is 0 Å². The molecule has 0 atom stereocenters. The summed E-state index contributed by atoms with van der Waals surface area (Å²) in [5.74, 6) is 1.97. The van der Waals surface area contributed by atoms with E-state index in [1.807, 2.05) is 0 Å². The van der Waals surface area contributed by atoms with Crippen molar-refractivity contribution >= 4 is 11.8 Å². The molecule has 1 nitrogen and oxygen atoms in total. The summed E-state index contributed by atoms with van der Waals surface area (Å²) in [5, 5.41) is 2.63. The fraction of sp³-hybridized carbons (Fsp3) is 1.00. The van der Waals surface area contributed by atoms with Crippen molar-refractivity contribution in [2.75, 3.05) is 18.1 Å². The number of rotatable bonds is 6. The van der Waals surface area contributed by atoms with Gasteiger partial charge in [0.2, 0.25) is 0 Å². The van der Waals surface area contributed by atoms with Crippen LogP contribution < -0.4 is 5.32 Å². The van der Waals surface area contributed by atoms with E-state index in [0.29, 0.717) is 6.54 Å². The van der Waals surface area contributed by atoms with Crippen molar-refractivity contribution in [1.29, 1.82) is 0 Å². The van der Waals surface area contributed by atoms with Gasteiger partial charge in [0.1, 0.15) is 5.54 Å². The molecule has 0 spiro atoms. The smallest absolute Gasteiger partial charge is 0.304 e. The Morgan fingerprint density at radius 1 is 1.36 bits per heavy atom. The summed E-state index contributed by atoms with van der Waals surface area (Å²) in [6.45, 7) is 2.53. The van der Waals surface area contributed by atoms with E-state index in [9.17, 15) is 13.2 Å². The highest BCUT2D eigenvalue weighted by molar-refractivity contribution is 7.99. The Morgan fingerprint density at radius 2 is 2.00 bits per heavy atom. The molecule has 0 amide bonds. The van der Waals surface area contributed by atoms with Crippen molar-refractivity contribution in [3.05, 3.63) is 0 Å². The Balaban J connectivity index is 2.12. The molecule has 0 aromatic rings. The normalized spacial score (nSPS) is 19.7. The summed E-state index contributed by atoms with van der Waals surface area (Å²) in [5.41, 5.74) is -1.52. The number of hydrogen-bond donors (Lipinski definition) is 1. The van der Waals surface area contributed by atoms with Gasteiger partial charge >= 0.3 is 6.18 Å². The first-order valence-corrected chi connectivity index (χ1v) is 6.07. The summed E-state index contributed by atoms with van der Waals surface area (Å²) in [6.07, 6.45) is -2.75. The highest BCUT2D eigenvalue weighted by Crippen LogP contribution is 2.48.